The molecule has 1 aromatic rings. The van der Waals surface area contributed by atoms with Gasteiger partial charge in [-0.2, -0.15) is 0 Å². The second kappa shape index (κ2) is 6.97. The lowest BCUT2D eigenvalue weighted by molar-refractivity contribution is -0.123. The summed E-state index contributed by atoms with van der Waals surface area (Å²) in [6, 6.07) is 7.86. The molecule has 1 fully saturated rings. The van der Waals surface area contributed by atoms with E-state index in [0.29, 0.717) is 18.1 Å². The largest absolute Gasteiger partial charge is 0.383 e. The van der Waals surface area contributed by atoms with E-state index >= 15 is 0 Å². The Bertz CT molecular complexity index is 540. The van der Waals surface area contributed by atoms with Crippen molar-refractivity contribution in [1.29, 1.82) is 0 Å². The summed E-state index contributed by atoms with van der Waals surface area (Å²) < 4.78 is 4.90. The summed E-state index contributed by atoms with van der Waals surface area (Å²) in [5, 5.41) is -0.237. The van der Waals surface area contributed by atoms with Crippen molar-refractivity contribution in [1.82, 2.24) is 4.90 Å². The van der Waals surface area contributed by atoms with E-state index in [1.807, 2.05) is 30.5 Å². The van der Waals surface area contributed by atoms with Crippen molar-refractivity contribution in [3.8, 4) is 0 Å². The van der Waals surface area contributed by atoms with Crippen molar-refractivity contribution in [2.24, 2.45) is 0 Å². The molecule has 0 saturated carbocycles. The lowest BCUT2D eigenvalue weighted by atomic mass is 10.2. The Hall–Kier alpha value is -1.24. The lowest BCUT2D eigenvalue weighted by Gasteiger charge is -2.10. The summed E-state index contributed by atoms with van der Waals surface area (Å²) in [5.74, 6) is -0.244. The first kappa shape index (κ1) is 15.2. The zero-order valence-corrected chi connectivity index (χ0v) is 12.9. The summed E-state index contributed by atoms with van der Waals surface area (Å²) in [7, 11) is 1.54. The van der Waals surface area contributed by atoms with Crippen LogP contribution in [0, 0.1) is 0 Å². The third-order valence-corrected chi connectivity index (χ3v) is 4.46. The Morgan fingerprint density at radius 1 is 1.30 bits per heavy atom. The van der Waals surface area contributed by atoms with Gasteiger partial charge in [0.05, 0.1) is 18.1 Å². The normalized spacial score (nSPS) is 17.3. The predicted molar refractivity (Wildman–Crippen MR) is 82.8 cm³/mol. The van der Waals surface area contributed by atoms with Crippen LogP contribution in [0.25, 0.3) is 6.08 Å². The molecule has 1 saturated heterocycles. The maximum absolute atomic E-state index is 12.1. The summed E-state index contributed by atoms with van der Waals surface area (Å²) in [5.41, 5.74) is 0.917. The minimum Gasteiger partial charge on any atom is -0.383 e. The number of carbonyl (C=O) groups is 2. The Morgan fingerprint density at radius 2 is 2.00 bits per heavy atom. The number of carbonyl (C=O) groups excluding carboxylic acids is 2. The number of ether oxygens (including phenoxy) is 1. The first-order chi connectivity index (χ1) is 9.65. The quantitative estimate of drug-likeness (QED) is 0.618. The maximum atomic E-state index is 12.1. The van der Waals surface area contributed by atoms with Crippen LogP contribution < -0.4 is 0 Å². The van der Waals surface area contributed by atoms with Crippen LogP contribution >= 0.6 is 23.5 Å². The Kier molecular flexibility index (Phi) is 5.28. The highest BCUT2D eigenvalue weighted by Crippen LogP contribution is 2.32. The highest BCUT2D eigenvalue weighted by atomic mass is 32.2. The first-order valence-corrected chi connectivity index (χ1v) is 8.08. The molecule has 106 valence electrons. The number of thioether (sulfide) groups is 2. The number of methoxy groups -OCH3 is 1. The topological polar surface area (TPSA) is 46.6 Å². The summed E-state index contributed by atoms with van der Waals surface area (Å²) in [4.78, 5) is 26.7. The molecule has 0 unspecified atom stereocenters. The molecule has 1 aromatic carbocycles. The molecule has 0 radical (unpaired) electrons. The fourth-order valence-electron chi connectivity index (χ4n) is 1.73. The summed E-state index contributed by atoms with van der Waals surface area (Å²) in [6.45, 7) is 0.650. The van der Waals surface area contributed by atoms with Crippen LogP contribution in [0.4, 0.5) is 4.79 Å². The van der Waals surface area contributed by atoms with Gasteiger partial charge in [-0.1, -0.05) is 12.1 Å². The minimum absolute atomic E-state index is 0.237. The fraction of sp³-hybridized carbons (Fsp3) is 0.286. The van der Waals surface area contributed by atoms with Crippen molar-refractivity contribution in [3.63, 3.8) is 0 Å². The predicted octanol–water partition coefficient (Wildman–Crippen LogP) is 3.09. The Morgan fingerprint density at radius 3 is 2.60 bits per heavy atom. The van der Waals surface area contributed by atoms with Gasteiger partial charge in [0.1, 0.15) is 0 Å². The van der Waals surface area contributed by atoms with Crippen LogP contribution in [0.5, 0.6) is 0 Å². The van der Waals surface area contributed by atoms with Crippen LogP contribution in [0.3, 0.4) is 0 Å². The van der Waals surface area contributed by atoms with Gasteiger partial charge in [-0.15, -0.1) is 11.8 Å². The average molecular weight is 309 g/mol. The van der Waals surface area contributed by atoms with E-state index in [9.17, 15) is 9.59 Å². The van der Waals surface area contributed by atoms with E-state index in [1.54, 1.807) is 24.9 Å². The van der Waals surface area contributed by atoms with Gasteiger partial charge >= 0.3 is 0 Å². The van der Waals surface area contributed by atoms with Gasteiger partial charge in [0.2, 0.25) is 0 Å². The molecule has 2 amide bonds. The second-order valence-electron chi connectivity index (χ2n) is 4.10. The molecule has 0 aliphatic carbocycles. The Labute approximate surface area is 126 Å². The highest BCUT2D eigenvalue weighted by Gasteiger charge is 2.34. The van der Waals surface area contributed by atoms with Crippen molar-refractivity contribution in [3.05, 3.63) is 34.7 Å². The van der Waals surface area contributed by atoms with Gasteiger partial charge in [0, 0.05) is 12.0 Å². The summed E-state index contributed by atoms with van der Waals surface area (Å²) in [6.07, 6.45) is 3.76. The van der Waals surface area contributed by atoms with E-state index in [2.05, 4.69) is 0 Å². The van der Waals surface area contributed by atoms with E-state index in [0.717, 1.165) is 22.2 Å². The lowest BCUT2D eigenvalue weighted by Crippen LogP contribution is -2.31. The summed E-state index contributed by atoms with van der Waals surface area (Å²) >= 11 is 2.64. The average Bonchev–Trinajstić information content (AvgIpc) is 2.72. The van der Waals surface area contributed by atoms with E-state index in [-0.39, 0.29) is 11.1 Å². The molecule has 0 bridgehead atoms. The van der Waals surface area contributed by atoms with Crippen molar-refractivity contribution in [2.75, 3.05) is 26.5 Å². The third-order valence-electron chi connectivity index (χ3n) is 2.81. The van der Waals surface area contributed by atoms with Gasteiger partial charge in [-0.05, 0) is 41.8 Å². The standard InChI is InChI=1S/C14H15NO3S2/c1-18-8-7-15-13(16)12(20-14(15)17)9-10-3-5-11(19-2)6-4-10/h3-6,9H,7-8H2,1-2H3/b12-9+. The number of imide groups is 1. The highest BCUT2D eigenvalue weighted by molar-refractivity contribution is 8.18. The number of nitrogens with zero attached hydrogens (tertiary/aromatic N) is 1. The van der Waals surface area contributed by atoms with Gasteiger partial charge in [-0.3, -0.25) is 14.5 Å². The van der Waals surface area contributed by atoms with Crippen molar-refractivity contribution < 1.29 is 14.3 Å². The van der Waals surface area contributed by atoms with E-state index in [4.69, 9.17) is 4.74 Å². The van der Waals surface area contributed by atoms with Crippen LogP contribution in [0.15, 0.2) is 34.1 Å². The van der Waals surface area contributed by atoms with Crippen LogP contribution in [-0.2, 0) is 9.53 Å². The zero-order chi connectivity index (χ0) is 14.5. The smallest absolute Gasteiger partial charge is 0.293 e. The number of hydrogen-bond acceptors (Lipinski definition) is 5. The Balaban J connectivity index is 2.14. The third kappa shape index (κ3) is 3.45. The van der Waals surface area contributed by atoms with Crippen LogP contribution in [-0.4, -0.2) is 42.6 Å². The molecule has 1 aliphatic heterocycles. The number of rotatable bonds is 5. The number of amides is 2. The molecule has 2 rings (SSSR count). The number of benzene rings is 1. The maximum Gasteiger partial charge on any atom is 0.293 e. The van der Waals surface area contributed by atoms with Crippen molar-refractivity contribution in [2.45, 2.75) is 4.90 Å². The monoisotopic (exact) mass is 309 g/mol. The van der Waals surface area contributed by atoms with Gasteiger partial charge < -0.3 is 4.74 Å². The molecule has 0 aromatic heterocycles. The van der Waals surface area contributed by atoms with E-state index < -0.39 is 0 Å². The molecule has 4 nitrogen and oxygen atoms in total. The minimum atomic E-state index is -0.244. The van der Waals surface area contributed by atoms with Gasteiger partial charge in [0.15, 0.2) is 0 Å². The van der Waals surface area contributed by atoms with Gasteiger partial charge in [-0.25, -0.2) is 0 Å². The molecule has 0 spiro atoms. The molecule has 6 heteroatoms. The SMILES string of the molecule is COCCN1C(=O)S/C(=C/c2ccc(SC)cc2)C1=O. The van der Waals surface area contributed by atoms with Gasteiger partial charge in [0.25, 0.3) is 11.1 Å². The zero-order valence-electron chi connectivity index (χ0n) is 11.3. The molecule has 1 aliphatic rings. The van der Waals surface area contributed by atoms with Crippen LogP contribution in [0.1, 0.15) is 5.56 Å². The van der Waals surface area contributed by atoms with Crippen LogP contribution in [0.2, 0.25) is 0 Å². The molecule has 0 N–H and O–H groups in total. The van der Waals surface area contributed by atoms with E-state index in [1.165, 1.54) is 4.90 Å². The molecule has 20 heavy (non-hydrogen) atoms. The number of hydrogen-bond donors (Lipinski definition) is 0. The second-order valence-corrected chi connectivity index (χ2v) is 5.97. The molecule has 0 atom stereocenters. The first-order valence-electron chi connectivity index (χ1n) is 6.04. The molecular formula is C14H15NO3S2. The fourth-order valence-corrected chi connectivity index (χ4v) is 3.00. The van der Waals surface area contributed by atoms with Crippen molar-refractivity contribution >= 4 is 40.7 Å². The molecule has 1 heterocycles. The molecular weight excluding hydrogens is 294 g/mol.